The summed E-state index contributed by atoms with van der Waals surface area (Å²) >= 11 is 0. The molecule has 0 radical (unpaired) electrons. The van der Waals surface area contributed by atoms with Crippen molar-refractivity contribution in [1.82, 2.24) is 4.90 Å². The van der Waals surface area contributed by atoms with Crippen LogP contribution in [0.25, 0.3) is 0 Å². The third kappa shape index (κ3) is 5.25. The van der Waals surface area contributed by atoms with Gasteiger partial charge >= 0.3 is 11.9 Å². The predicted octanol–water partition coefficient (Wildman–Crippen LogP) is 6.95. The van der Waals surface area contributed by atoms with E-state index in [9.17, 15) is 9.59 Å². The number of ether oxygens (including phenoxy) is 2. The Labute approximate surface area is 212 Å². The first-order chi connectivity index (χ1) is 17.2. The molecular weight excluding hydrogens is 450 g/mol. The van der Waals surface area contributed by atoms with Gasteiger partial charge in [0.2, 0.25) is 0 Å². The van der Waals surface area contributed by atoms with Crippen molar-refractivity contribution >= 4 is 11.9 Å². The van der Waals surface area contributed by atoms with Crippen LogP contribution >= 0.6 is 0 Å². The number of hydrogen-bond donors (Lipinski definition) is 0. The van der Waals surface area contributed by atoms with Crippen molar-refractivity contribution in [3.8, 4) is 0 Å². The fourth-order valence-corrected chi connectivity index (χ4v) is 3.94. The van der Waals surface area contributed by atoms with E-state index in [2.05, 4.69) is 0 Å². The van der Waals surface area contributed by atoms with Crippen molar-refractivity contribution in [2.75, 3.05) is 0 Å². The summed E-state index contributed by atoms with van der Waals surface area (Å²) in [6.07, 6.45) is 3.66. The lowest BCUT2D eigenvalue weighted by Gasteiger charge is -2.41. The van der Waals surface area contributed by atoms with Crippen molar-refractivity contribution < 1.29 is 19.1 Å². The Morgan fingerprint density at radius 1 is 0.611 bits per heavy atom. The molecule has 0 aromatic heterocycles. The largest absolute Gasteiger partial charge is 0.425 e. The second kappa shape index (κ2) is 10.2. The Hall–Kier alpha value is -4.12. The molecule has 1 aliphatic rings. The van der Waals surface area contributed by atoms with Crippen molar-refractivity contribution in [3.05, 3.63) is 132 Å². The zero-order chi connectivity index (χ0) is 25.8. The lowest BCUT2D eigenvalue weighted by Crippen LogP contribution is -2.38. The molecule has 0 unspecified atom stereocenters. The van der Waals surface area contributed by atoms with Gasteiger partial charge in [0.05, 0.1) is 11.1 Å². The minimum atomic E-state index is -0.703. The van der Waals surface area contributed by atoms with Gasteiger partial charge in [-0.25, -0.2) is 9.59 Å². The molecular formula is C31H31NO4. The quantitative estimate of drug-likeness (QED) is 0.357. The molecule has 0 amide bonds. The number of carbonyl (C=O) groups excluding carboxylic acids is 2. The van der Waals surface area contributed by atoms with Crippen LogP contribution in [0.5, 0.6) is 0 Å². The number of allylic oxidation sites excluding steroid dienone is 2. The van der Waals surface area contributed by atoms with Gasteiger partial charge in [0.15, 0.2) is 0 Å². The second-order valence-corrected chi connectivity index (χ2v) is 9.91. The molecule has 3 aromatic rings. The average Bonchev–Trinajstić information content (AvgIpc) is 2.94. The van der Waals surface area contributed by atoms with Crippen LogP contribution in [0.1, 0.15) is 54.0 Å². The minimum absolute atomic E-state index is 0.435. The van der Waals surface area contributed by atoms with Crippen LogP contribution in [0.3, 0.4) is 0 Å². The summed E-state index contributed by atoms with van der Waals surface area (Å²) in [7, 11) is 0. The second-order valence-electron chi connectivity index (χ2n) is 9.91. The smallest absolute Gasteiger partial charge is 0.343 e. The predicted molar refractivity (Wildman–Crippen MR) is 139 cm³/mol. The third-order valence-electron chi connectivity index (χ3n) is 6.99. The van der Waals surface area contributed by atoms with Crippen LogP contribution in [0.2, 0.25) is 0 Å². The zero-order valence-electron chi connectivity index (χ0n) is 21.1. The van der Waals surface area contributed by atoms with Crippen LogP contribution in [0, 0.1) is 10.8 Å². The molecule has 184 valence electrons. The number of esters is 2. The van der Waals surface area contributed by atoms with Gasteiger partial charge in [-0.05, 0) is 29.8 Å². The fraction of sp³-hybridized carbons (Fsp3) is 0.226. The van der Waals surface area contributed by atoms with Gasteiger partial charge in [-0.15, -0.1) is 0 Å². The standard InChI is InChI=1S/C31H31NO4/c1-30(2)26(35-28(33)24-16-10-6-11-17-24)21-32(20-23-14-8-5-9-15-23)22-27(31(30,3)4)36-29(34)25-18-12-7-13-19-25/h5-19,21-22H,20H2,1-4H3. The molecule has 4 rings (SSSR count). The zero-order valence-corrected chi connectivity index (χ0v) is 21.1. The first kappa shape index (κ1) is 25.0. The Morgan fingerprint density at radius 3 is 1.36 bits per heavy atom. The Balaban J connectivity index is 1.72. The highest BCUT2D eigenvalue weighted by atomic mass is 16.5. The van der Waals surface area contributed by atoms with Crippen LogP contribution in [-0.2, 0) is 16.0 Å². The van der Waals surface area contributed by atoms with E-state index >= 15 is 0 Å². The van der Waals surface area contributed by atoms with E-state index in [0.29, 0.717) is 29.2 Å². The molecule has 3 aromatic carbocycles. The monoisotopic (exact) mass is 481 g/mol. The van der Waals surface area contributed by atoms with E-state index < -0.39 is 22.8 Å². The first-order valence-corrected chi connectivity index (χ1v) is 12.0. The molecule has 5 heteroatoms. The normalized spacial score (nSPS) is 16.3. The molecule has 0 bridgehead atoms. The van der Waals surface area contributed by atoms with E-state index in [1.54, 1.807) is 48.5 Å². The maximum atomic E-state index is 13.0. The summed E-state index contributed by atoms with van der Waals surface area (Å²) in [5.74, 6) is 0.101. The lowest BCUT2D eigenvalue weighted by molar-refractivity contribution is 0.0238. The van der Waals surface area contributed by atoms with Gasteiger partial charge in [-0.1, -0.05) is 94.4 Å². The molecule has 36 heavy (non-hydrogen) atoms. The third-order valence-corrected chi connectivity index (χ3v) is 6.99. The Morgan fingerprint density at radius 2 is 0.972 bits per heavy atom. The fourth-order valence-electron chi connectivity index (χ4n) is 3.94. The SMILES string of the molecule is CC1(C)C(OC(=O)c2ccccc2)=CN(Cc2ccccc2)C=C(OC(=O)c2ccccc2)C1(C)C. The number of nitrogens with zero attached hydrogens (tertiary/aromatic N) is 1. The first-order valence-electron chi connectivity index (χ1n) is 12.0. The summed E-state index contributed by atoms with van der Waals surface area (Å²) in [4.78, 5) is 28.0. The van der Waals surface area contributed by atoms with Gasteiger partial charge in [-0.3, -0.25) is 0 Å². The summed E-state index contributed by atoms with van der Waals surface area (Å²) in [6.45, 7) is 8.48. The number of benzene rings is 3. The van der Waals surface area contributed by atoms with E-state index in [1.807, 2.05) is 87.5 Å². The summed E-state index contributed by atoms with van der Waals surface area (Å²) in [6, 6.07) is 27.8. The van der Waals surface area contributed by atoms with Crippen LogP contribution in [0.4, 0.5) is 0 Å². The van der Waals surface area contributed by atoms with Crippen molar-refractivity contribution in [1.29, 1.82) is 0 Å². The Bertz CT molecular complexity index is 1190. The van der Waals surface area contributed by atoms with Gasteiger partial charge in [-0.2, -0.15) is 0 Å². The topological polar surface area (TPSA) is 55.8 Å². The summed E-state index contributed by atoms with van der Waals surface area (Å²) < 4.78 is 12.0. The molecule has 0 aliphatic carbocycles. The van der Waals surface area contributed by atoms with Gasteiger partial charge in [0, 0.05) is 29.8 Å². The molecule has 0 saturated carbocycles. The van der Waals surface area contributed by atoms with E-state index in [0.717, 1.165) is 5.56 Å². The van der Waals surface area contributed by atoms with E-state index in [-0.39, 0.29) is 0 Å². The molecule has 0 fully saturated rings. The number of hydrogen-bond acceptors (Lipinski definition) is 5. The summed E-state index contributed by atoms with van der Waals surface area (Å²) in [5, 5.41) is 0. The van der Waals surface area contributed by atoms with Crippen LogP contribution in [-0.4, -0.2) is 16.8 Å². The molecule has 0 N–H and O–H groups in total. The maximum absolute atomic E-state index is 13.0. The van der Waals surface area contributed by atoms with Crippen LogP contribution in [0.15, 0.2) is 115 Å². The van der Waals surface area contributed by atoms with Crippen molar-refractivity contribution in [2.45, 2.75) is 34.2 Å². The lowest BCUT2D eigenvalue weighted by atomic mass is 9.66. The summed E-state index contributed by atoms with van der Waals surface area (Å²) in [5.41, 5.74) is 0.589. The highest BCUT2D eigenvalue weighted by Crippen LogP contribution is 2.51. The van der Waals surface area contributed by atoms with Crippen molar-refractivity contribution in [3.63, 3.8) is 0 Å². The van der Waals surface area contributed by atoms with Gasteiger partial charge < -0.3 is 14.4 Å². The Kier molecular flexibility index (Phi) is 7.11. The highest BCUT2D eigenvalue weighted by Gasteiger charge is 2.48. The molecule has 0 atom stereocenters. The number of carbonyl (C=O) groups is 2. The average molecular weight is 482 g/mol. The van der Waals surface area contributed by atoms with Crippen LogP contribution < -0.4 is 0 Å². The molecule has 1 heterocycles. The van der Waals surface area contributed by atoms with Gasteiger partial charge in [0.25, 0.3) is 0 Å². The highest BCUT2D eigenvalue weighted by molar-refractivity contribution is 5.90. The molecule has 0 saturated heterocycles. The number of rotatable bonds is 6. The van der Waals surface area contributed by atoms with E-state index in [4.69, 9.17) is 9.47 Å². The molecule has 1 aliphatic heterocycles. The molecule has 0 spiro atoms. The van der Waals surface area contributed by atoms with E-state index in [1.165, 1.54) is 0 Å². The molecule has 5 nitrogen and oxygen atoms in total. The van der Waals surface area contributed by atoms with Crippen molar-refractivity contribution in [2.24, 2.45) is 10.8 Å². The maximum Gasteiger partial charge on any atom is 0.343 e. The van der Waals surface area contributed by atoms with Gasteiger partial charge in [0.1, 0.15) is 11.5 Å². The minimum Gasteiger partial charge on any atom is -0.425 e.